The number of carbonyl (C=O) groups is 1. The summed E-state index contributed by atoms with van der Waals surface area (Å²) in [6.07, 6.45) is 9.01. The second-order valence-corrected chi connectivity index (χ2v) is 10.2. The van der Waals surface area contributed by atoms with Crippen LogP contribution in [0.3, 0.4) is 0 Å². The van der Waals surface area contributed by atoms with Gasteiger partial charge in [0.2, 0.25) is 5.88 Å². The van der Waals surface area contributed by atoms with Crippen LogP contribution >= 0.6 is 0 Å². The van der Waals surface area contributed by atoms with Gasteiger partial charge in [0, 0.05) is 41.9 Å². The lowest BCUT2D eigenvalue weighted by Crippen LogP contribution is -2.55. The molecule has 0 unspecified atom stereocenters. The van der Waals surface area contributed by atoms with Gasteiger partial charge in [-0.3, -0.25) is 14.0 Å². The number of hydrogen-bond acceptors (Lipinski definition) is 6. The number of nitrogens with zero attached hydrogens (tertiary/aromatic N) is 4. The van der Waals surface area contributed by atoms with Gasteiger partial charge in [-0.15, -0.1) is 0 Å². The number of fused-ring (bicyclic) bond motifs is 2. The van der Waals surface area contributed by atoms with Crippen LogP contribution in [0.25, 0.3) is 16.4 Å². The van der Waals surface area contributed by atoms with Crippen LogP contribution in [0.15, 0.2) is 78.0 Å². The summed E-state index contributed by atoms with van der Waals surface area (Å²) in [5.74, 6) is 1.31. The smallest absolute Gasteiger partial charge is 0.272 e. The molecule has 2 fully saturated rings. The highest BCUT2D eigenvalue weighted by Crippen LogP contribution is 2.62. The van der Waals surface area contributed by atoms with E-state index in [1.54, 1.807) is 41.2 Å². The third-order valence-electron chi connectivity index (χ3n) is 7.74. The molecular weight excluding hydrogens is 468 g/mol. The normalized spacial score (nSPS) is 22.5. The number of H-pyrrole nitrogens is 1. The Morgan fingerprint density at radius 2 is 1.84 bits per heavy atom. The molecule has 2 aliphatic carbocycles. The number of carbonyl (C=O) groups excluding carboxylic acids is 1. The van der Waals surface area contributed by atoms with Crippen molar-refractivity contribution < 1.29 is 9.53 Å². The molecule has 9 nitrogen and oxygen atoms in total. The first-order valence-electron chi connectivity index (χ1n) is 12.4. The zero-order valence-corrected chi connectivity index (χ0v) is 19.9. The molecule has 0 saturated heterocycles. The van der Waals surface area contributed by atoms with E-state index in [0.29, 0.717) is 34.3 Å². The Hall–Kier alpha value is -4.53. The van der Waals surface area contributed by atoms with Gasteiger partial charge in [0.25, 0.3) is 11.5 Å². The van der Waals surface area contributed by atoms with Crippen molar-refractivity contribution in [1.82, 2.24) is 29.9 Å². The SMILES string of the molecule is O=C(NC1CC2(C1)CC(c1n[nH]c(=O)c3ccccc13)C2)c1cnc2cc(Oc3ccccn3)ccn12. The fourth-order valence-electron chi connectivity index (χ4n) is 6.03. The molecule has 1 amide bonds. The summed E-state index contributed by atoms with van der Waals surface area (Å²) < 4.78 is 7.54. The second kappa shape index (κ2) is 8.26. The molecule has 9 heteroatoms. The number of amides is 1. The van der Waals surface area contributed by atoms with Crippen molar-refractivity contribution in [3.05, 3.63) is 94.9 Å². The van der Waals surface area contributed by atoms with Crippen molar-refractivity contribution >= 4 is 22.3 Å². The fourth-order valence-corrected chi connectivity index (χ4v) is 6.03. The van der Waals surface area contributed by atoms with Gasteiger partial charge in [0.1, 0.15) is 17.1 Å². The number of ether oxygens (including phenoxy) is 1. The van der Waals surface area contributed by atoms with E-state index in [9.17, 15) is 9.59 Å². The first-order valence-corrected chi connectivity index (χ1v) is 12.4. The molecule has 2 saturated carbocycles. The Labute approximate surface area is 211 Å². The van der Waals surface area contributed by atoms with Crippen LogP contribution < -0.4 is 15.6 Å². The van der Waals surface area contributed by atoms with E-state index >= 15 is 0 Å². The summed E-state index contributed by atoms with van der Waals surface area (Å²) in [6.45, 7) is 0. The highest BCUT2D eigenvalue weighted by molar-refractivity contribution is 5.93. The lowest BCUT2D eigenvalue weighted by molar-refractivity contribution is -0.0197. The van der Waals surface area contributed by atoms with Crippen LogP contribution in [0.1, 0.15) is 47.8 Å². The number of nitrogens with one attached hydrogen (secondary N) is 2. The maximum atomic E-state index is 13.0. The van der Waals surface area contributed by atoms with Gasteiger partial charge in [-0.2, -0.15) is 5.10 Å². The molecular formula is C28H24N6O3. The van der Waals surface area contributed by atoms with E-state index in [1.807, 2.05) is 36.4 Å². The molecule has 0 radical (unpaired) electrons. The van der Waals surface area contributed by atoms with Gasteiger partial charge in [0.15, 0.2) is 0 Å². The maximum absolute atomic E-state index is 13.0. The van der Waals surface area contributed by atoms with E-state index < -0.39 is 0 Å². The zero-order chi connectivity index (χ0) is 25.0. The van der Waals surface area contributed by atoms with Crippen molar-refractivity contribution in [2.75, 3.05) is 0 Å². The number of aromatic nitrogens is 5. The zero-order valence-electron chi connectivity index (χ0n) is 19.9. The van der Waals surface area contributed by atoms with E-state index in [-0.39, 0.29) is 22.9 Å². The Balaban J connectivity index is 0.987. The van der Waals surface area contributed by atoms with Crippen molar-refractivity contribution in [3.63, 3.8) is 0 Å². The summed E-state index contributed by atoms with van der Waals surface area (Å²) >= 11 is 0. The molecule has 0 atom stereocenters. The third kappa shape index (κ3) is 3.74. The Morgan fingerprint density at radius 1 is 1.03 bits per heavy atom. The van der Waals surface area contributed by atoms with E-state index in [1.165, 1.54) is 0 Å². The molecule has 2 N–H and O–H groups in total. The Bertz CT molecular complexity index is 1700. The fraction of sp³-hybridized carbons (Fsp3) is 0.250. The van der Waals surface area contributed by atoms with Gasteiger partial charge >= 0.3 is 0 Å². The van der Waals surface area contributed by atoms with Gasteiger partial charge in [-0.1, -0.05) is 24.3 Å². The number of hydrogen-bond donors (Lipinski definition) is 2. The molecule has 4 heterocycles. The molecule has 0 aliphatic heterocycles. The number of rotatable bonds is 5. The van der Waals surface area contributed by atoms with Crippen LogP contribution in [0.4, 0.5) is 0 Å². The van der Waals surface area contributed by atoms with Crippen LogP contribution in [0, 0.1) is 5.41 Å². The van der Waals surface area contributed by atoms with Crippen LogP contribution in [-0.2, 0) is 0 Å². The predicted octanol–water partition coefficient (Wildman–Crippen LogP) is 4.21. The highest BCUT2D eigenvalue weighted by Gasteiger charge is 2.54. The average molecular weight is 493 g/mol. The summed E-state index contributed by atoms with van der Waals surface area (Å²) in [5.41, 5.74) is 2.20. The largest absolute Gasteiger partial charge is 0.439 e. The van der Waals surface area contributed by atoms with Gasteiger partial charge < -0.3 is 10.1 Å². The molecule has 1 aromatic carbocycles. The summed E-state index contributed by atoms with van der Waals surface area (Å²) in [7, 11) is 0. The summed E-state index contributed by atoms with van der Waals surface area (Å²) in [5, 5.41) is 11.8. The molecule has 184 valence electrons. The first kappa shape index (κ1) is 21.7. The van der Waals surface area contributed by atoms with Crippen molar-refractivity contribution in [1.29, 1.82) is 0 Å². The van der Waals surface area contributed by atoms with E-state index in [0.717, 1.165) is 36.8 Å². The average Bonchev–Trinajstić information content (AvgIpc) is 3.30. The Kier molecular flexibility index (Phi) is 4.85. The number of aromatic amines is 1. The molecule has 4 aromatic heterocycles. The maximum Gasteiger partial charge on any atom is 0.272 e. The van der Waals surface area contributed by atoms with Crippen LogP contribution in [0.5, 0.6) is 11.6 Å². The summed E-state index contributed by atoms with van der Waals surface area (Å²) in [4.78, 5) is 33.7. The molecule has 5 aromatic rings. The molecule has 37 heavy (non-hydrogen) atoms. The van der Waals surface area contributed by atoms with Gasteiger partial charge in [-0.05, 0) is 49.3 Å². The van der Waals surface area contributed by atoms with E-state index in [4.69, 9.17) is 4.74 Å². The number of pyridine rings is 2. The molecule has 0 bridgehead atoms. The second-order valence-electron chi connectivity index (χ2n) is 10.2. The summed E-state index contributed by atoms with van der Waals surface area (Å²) in [6, 6.07) is 16.8. The predicted molar refractivity (Wildman–Crippen MR) is 137 cm³/mol. The van der Waals surface area contributed by atoms with Gasteiger partial charge in [0.05, 0.1) is 17.3 Å². The standard InChI is InChI=1S/C28H24N6O3/c35-26-21-6-2-1-5-20(21)25(32-33-26)17-12-28(13-17)14-18(15-28)31-27(36)22-16-30-23-11-19(8-10-34(22)23)37-24-7-3-4-9-29-24/h1-11,16-18H,12-15H2,(H,31,36)(H,33,35). The number of benzene rings is 1. The molecule has 2 aliphatic rings. The molecule has 1 spiro atoms. The molecule has 7 rings (SSSR count). The van der Waals surface area contributed by atoms with Crippen LogP contribution in [0.2, 0.25) is 0 Å². The first-order chi connectivity index (χ1) is 18.1. The van der Waals surface area contributed by atoms with Gasteiger partial charge in [-0.25, -0.2) is 15.1 Å². The van der Waals surface area contributed by atoms with Crippen molar-refractivity contribution in [2.45, 2.75) is 37.6 Å². The van der Waals surface area contributed by atoms with Crippen molar-refractivity contribution in [2.24, 2.45) is 5.41 Å². The van der Waals surface area contributed by atoms with E-state index in [2.05, 4.69) is 25.5 Å². The lowest BCUT2D eigenvalue weighted by atomic mass is 9.49. The Morgan fingerprint density at radius 3 is 2.65 bits per heavy atom. The highest BCUT2D eigenvalue weighted by atomic mass is 16.5. The lowest BCUT2D eigenvalue weighted by Gasteiger charge is -2.57. The topological polar surface area (TPSA) is 114 Å². The number of imidazole rings is 1. The third-order valence-corrected chi connectivity index (χ3v) is 7.74. The monoisotopic (exact) mass is 492 g/mol. The minimum atomic E-state index is -0.149. The quantitative estimate of drug-likeness (QED) is 0.380. The minimum Gasteiger partial charge on any atom is -0.439 e. The van der Waals surface area contributed by atoms with Crippen molar-refractivity contribution in [3.8, 4) is 11.6 Å². The van der Waals surface area contributed by atoms with Crippen LogP contribution in [-0.4, -0.2) is 36.5 Å². The minimum absolute atomic E-state index is 0.130.